The van der Waals surface area contributed by atoms with Crippen LogP contribution in [-0.2, 0) is 4.79 Å². The van der Waals surface area contributed by atoms with E-state index in [1.165, 1.54) is 37.7 Å². The Morgan fingerprint density at radius 3 is 2.85 bits per heavy atom. The lowest BCUT2D eigenvalue weighted by Gasteiger charge is -2.45. The molecule has 144 valence electrons. The predicted molar refractivity (Wildman–Crippen MR) is 115 cm³/mol. The third-order valence-corrected chi connectivity index (χ3v) is 6.27. The van der Waals surface area contributed by atoms with E-state index in [1.807, 2.05) is 24.4 Å². The Balaban J connectivity index is 0.00000105. The molecule has 4 aliphatic heterocycles. The number of pyridine rings is 1. The summed E-state index contributed by atoms with van der Waals surface area (Å²) in [4.78, 5) is 27.1. The number of H-pyrrole nitrogens is 1. The zero-order chi connectivity index (χ0) is 16.8. The highest BCUT2D eigenvalue weighted by atomic mass is 35.5. The highest BCUT2D eigenvalue weighted by Crippen LogP contribution is 2.32. The van der Waals surface area contributed by atoms with Crippen molar-refractivity contribution in [3.05, 3.63) is 35.0 Å². The number of rotatable bonds is 2. The summed E-state index contributed by atoms with van der Waals surface area (Å²) in [5, 5.41) is 5.28. The molecule has 2 bridgehead atoms. The summed E-state index contributed by atoms with van der Waals surface area (Å²) in [6.07, 6.45) is 8.03. The molecule has 3 fully saturated rings. The second kappa shape index (κ2) is 8.22. The van der Waals surface area contributed by atoms with Gasteiger partial charge < -0.3 is 15.2 Å². The summed E-state index contributed by atoms with van der Waals surface area (Å²) in [6.45, 7) is 3.48. The summed E-state index contributed by atoms with van der Waals surface area (Å²) in [7, 11) is 0. The van der Waals surface area contributed by atoms with Gasteiger partial charge in [-0.2, -0.15) is 4.99 Å². The van der Waals surface area contributed by atoms with Crippen LogP contribution < -0.4 is 5.32 Å². The third kappa shape index (κ3) is 3.87. The van der Waals surface area contributed by atoms with Gasteiger partial charge in [-0.15, -0.1) is 24.8 Å². The molecule has 0 spiro atoms. The van der Waals surface area contributed by atoms with Crippen molar-refractivity contribution in [3.63, 3.8) is 0 Å². The zero-order valence-electron chi connectivity index (χ0n) is 14.6. The van der Waals surface area contributed by atoms with E-state index in [2.05, 4.69) is 25.2 Å². The Kier molecular flexibility index (Phi) is 6.15. The molecule has 1 amide bonds. The van der Waals surface area contributed by atoms with Crippen LogP contribution in [0.1, 0.15) is 18.4 Å². The lowest BCUT2D eigenvalue weighted by molar-refractivity contribution is -0.113. The number of thioether (sulfide) groups is 1. The van der Waals surface area contributed by atoms with E-state index in [0.29, 0.717) is 16.9 Å². The van der Waals surface area contributed by atoms with Gasteiger partial charge in [-0.25, -0.2) is 4.98 Å². The van der Waals surface area contributed by atoms with E-state index in [4.69, 9.17) is 0 Å². The minimum atomic E-state index is -0.160. The van der Waals surface area contributed by atoms with Gasteiger partial charge in [-0.05, 0) is 61.8 Å². The van der Waals surface area contributed by atoms with Gasteiger partial charge in [0.25, 0.3) is 5.91 Å². The fraction of sp³-hybridized carbons (Fsp3) is 0.389. The van der Waals surface area contributed by atoms with Gasteiger partial charge in [0.1, 0.15) is 5.65 Å². The van der Waals surface area contributed by atoms with Gasteiger partial charge in [0.05, 0.1) is 4.91 Å². The Labute approximate surface area is 174 Å². The van der Waals surface area contributed by atoms with E-state index in [1.54, 1.807) is 6.20 Å². The zero-order valence-corrected chi connectivity index (χ0v) is 17.0. The predicted octanol–water partition coefficient (Wildman–Crippen LogP) is 3.06. The number of piperidine rings is 3. The normalized spacial score (nSPS) is 28.0. The minimum Gasteiger partial charge on any atom is -0.360 e. The van der Waals surface area contributed by atoms with Crippen molar-refractivity contribution < 1.29 is 4.79 Å². The van der Waals surface area contributed by atoms with Crippen LogP contribution in [0.4, 0.5) is 0 Å². The van der Waals surface area contributed by atoms with Crippen LogP contribution in [0.15, 0.2) is 34.4 Å². The molecule has 6 rings (SSSR count). The van der Waals surface area contributed by atoms with Gasteiger partial charge >= 0.3 is 0 Å². The van der Waals surface area contributed by atoms with E-state index in [0.717, 1.165) is 28.3 Å². The Hall–Kier alpha value is -1.54. The van der Waals surface area contributed by atoms with Gasteiger partial charge in [0.2, 0.25) is 0 Å². The van der Waals surface area contributed by atoms with E-state index in [9.17, 15) is 4.79 Å². The molecule has 0 aromatic carbocycles. The number of fused-ring (bicyclic) bond motifs is 4. The van der Waals surface area contributed by atoms with Crippen molar-refractivity contribution in [2.45, 2.75) is 18.9 Å². The van der Waals surface area contributed by atoms with E-state index in [-0.39, 0.29) is 30.7 Å². The van der Waals surface area contributed by atoms with Crippen molar-refractivity contribution in [1.29, 1.82) is 0 Å². The number of aromatic nitrogens is 2. The molecule has 0 radical (unpaired) electrons. The molecule has 1 atom stereocenters. The monoisotopic (exact) mass is 425 g/mol. The maximum Gasteiger partial charge on any atom is 0.286 e. The van der Waals surface area contributed by atoms with Crippen molar-refractivity contribution >= 4 is 64.8 Å². The molecule has 0 unspecified atom stereocenters. The van der Waals surface area contributed by atoms with Crippen LogP contribution in [-0.4, -0.2) is 51.6 Å². The molecule has 0 saturated carbocycles. The number of nitrogens with one attached hydrogen (secondary N) is 2. The highest BCUT2D eigenvalue weighted by Gasteiger charge is 2.35. The third-order valence-electron chi connectivity index (χ3n) is 5.36. The van der Waals surface area contributed by atoms with Crippen molar-refractivity contribution in [3.8, 4) is 0 Å². The number of amidine groups is 1. The van der Waals surface area contributed by atoms with Gasteiger partial charge in [0.15, 0.2) is 5.17 Å². The quantitative estimate of drug-likeness (QED) is 0.723. The number of halogens is 2. The number of hydrogen-bond acceptors (Lipinski definition) is 5. The summed E-state index contributed by atoms with van der Waals surface area (Å²) < 4.78 is 0. The first kappa shape index (κ1) is 20.2. The maximum atomic E-state index is 12.3. The van der Waals surface area contributed by atoms with Gasteiger partial charge in [0, 0.05) is 35.9 Å². The summed E-state index contributed by atoms with van der Waals surface area (Å²) in [5.74, 6) is 0.545. The van der Waals surface area contributed by atoms with Gasteiger partial charge in [-0.1, -0.05) is 0 Å². The smallest absolute Gasteiger partial charge is 0.286 e. The summed E-state index contributed by atoms with van der Waals surface area (Å²) in [6, 6.07) is 4.32. The molecule has 6 nitrogen and oxygen atoms in total. The van der Waals surface area contributed by atoms with Crippen LogP contribution in [0, 0.1) is 5.92 Å². The van der Waals surface area contributed by atoms with Crippen molar-refractivity contribution in [2.24, 2.45) is 10.9 Å². The lowest BCUT2D eigenvalue weighted by atomic mass is 9.84. The fourth-order valence-corrected chi connectivity index (χ4v) is 4.86. The first-order chi connectivity index (χ1) is 12.3. The number of aromatic amines is 1. The molecule has 2 N–H and O–H groups in total. The second-order valence-corrected chi connectivity index (χ2v) is 7.90. The Bertz CT molecular complexity index is 904. The van der Waals surface area contributed by atoms with Crippen LogP contribution in [0.2, 0.25) is 0 Å². The molecule has 27 heavy (non-hydrogen) atoms. The number of carbonyl (C=O) groups is 1. The molecule has 4 aliphatic rings. The minimum absolute atomic E-state index is 0. The first-order valence-electron chi connectivity index (χ1n) is 8.70. The number of nitrogens with zero attached hydrogens (tertiary/aromatic N) is 3. The number of hydrogen-bond donors (Lipinski definition) is 2. The highest BCUT2D eigenvalue weighted by molar-refractivity contribution is 8.18. The lowest BCUT2D eigenvalue weighted by Crippen LogP contribution is -2.56. The van der Waals surface area contributed by atoms with Crippen LogP contribution in [0.5, 0.6) is 0 Å². The molecule has 2 aromatic rings. The Morgan fingerprint density at radius 1 is 1.30 bits per heavy atom. The summed E-state index contributed by atoms with van der Waals surface area (Å²) in [5.41, 5.74) is 1.80. The second-order valence-electron chi connectivity index (χ2n) is 6.87. The molecule has 2 aromatic heterocycles. The first-order valence-corrected chi connectivity index (χ1v) is 9.51. The van der Waals surface area contributed by atoms with Gasteiger partial charge in [-0.3, -0.25) is 4.79 Å². The Morgan fingerprint density at radius 2 is 2.11 bits per heavy atom. The van der Waals surface area contributed by atoms with Crippen molar-refractivity contribution in [2.75, 3.05) is 19.6 Å². The summed E-state index contributed by atoms with van der Waals surface area (Å²) >= 11 is 1.44. The average molecular weight is 426 g/mol. The molecule has 9 heteroatoms. The SMILES string of the molecule is Cl.Cl.O=C1N=C(N[C@H]2CN3CCC2CC3)SC1=Cc1c[nH]c2ncccc12. The topological polar surface area (TPSA) is 73.4 Å². The molecule has 3 saturated heterocycles. The van der Waals surface area contributed by atoms with Crippen molar-refractivity contribution in [1.82, 2.24) is 20.2 Å². The number of amides is 1. The fourth-order valence-electron chi connectivity index (χ4n) is 4.00. The number of carbonyl (C=O) groups excluding carboxylic acids is 1. The van der Waals surface area contributed by atoms with E-state index < -0.39 is 0 Å². The van der Waals surface area contributed by atoms with Crippen LogP contribution in [0.3, 0.4) is 0 Å². The standard InChI is InChI=1S/C18H19N5OS.2ClH/c24-17-15(8-12-9-20-16-13(12)2-1-5-19-16)25-18(22-17)21-14-10-23-6-3-11(14)4-7-23;;/h1-2,5,8-9,11,14H,3-4,6-7,10H2,(H,19,20)(H,21,22,24);2*1H/t14-;;/m0../s1. The van der Waals surface area contributed by atoms with Crippen LogP contribution in [0.25, 0.3) is 17.1 Å². The maximum absolute atomic E-state index is 12.3. The van der Waals surface area contributed by atoms with E-state index >= 15 is 0 Å². The molecular formula is C18H21Cl2N5OS. The largest absolute Gasteiger partial charge is 0.360 e. The molecule has 0 aliphatic carbocycles. The molecule has 6 heterocycles. The molecular weight excluding hydrogens is 405 g/mol. The number of aliphatic imine (C=N–C) groups is 1. The van der Waals surface area contributed by atoms with Crippen LogP contribution >= 0.6 is 36.6 Å². The average Bonchev–Trinajstić information content (AvgIpc) is 3.20.